The summed E-state index contributed by atoms with van der Waals surface area (Å²) in [6, 6.07) is 2.80. The zero-order chi connectivity index (χ0) is 15.4. The first-order valence-corrected chi connectivity index (χ1v) is 7.44. The van der Waals surface area contributed by atoms with Crippen LogP contribution in [-0.4, -0.2) is 21.3 Å². The van der Waals surface area contributed by atoms with E-state index >= 15 is 0 Å². The van der Waals surface area contributed by atoms with E-state index in [1.807, 2.05) is 14.0 Å². The Labute approximate surface area is 129 Å². The molecule has 0 aliphatic carbocycles. The third-order valence-corrected chi connectivity index (χ3v) is 3.91. The van der Waals surface area contributed by atoms with Crippen molar-refractivity contribution in [1.82, 2.24) is 20.1 Å². The van der Waals surface area contributed by atoms with Gasteiger partial charge in [0.25, 0.3) is 0 Å². The molecule has 4 nitrogen and oxygen atoms in total. The molecule has 6 heteroatoms. The molecule has 114 valence electrons. The molecule has 0 amide bonds. The summed E-state index contributed by atoms with van der Waals surface area (Å²) in [5.74, 6) is -0.305. The summed E-state index contributed by atoms with van der Waals surface area (Å²) in [7, 11) is 1.85. The molecule has 0 radical (unpaired) electrons. The van der Waals surface area contributed by atoms with Crippen molar-refractivity contribution in [1.29, 1.82) is 0 Å². The second-order valence-electron chi connectivity index (χ2n) is 5.05. The minimum Gasteiger partial charge on any atom is -0.308 e. The number of pyridine rings is 1. The largest absolute Gasteiger partial charge is 0.308 e. The number of rotatable bonds is 6. The third-order valence-electron chi connectivity index (χ3n) is 3.42. The summed E-state index contributed by atoms with van der Waals surface area (Å²) in [6.07, 6.45) is 3.11. The van der Waals surface area contributed by atoms with E-state index in [1.165, 1.54) is 6.07 Å². The van der Waals surface area contributed by atoms with Gasteiger partial charge in [-0.25, -0.2) is 4.39 Å². The Bertz CT molecular complexity index is 612. The summed E-state index contributed by atoms with van der Waals surface area (Å²) in [4.78, 5) is 4.18. The van der Waals surface area contributed by atoms with Gasteiger partial charge in [0.2, 0.25) is 0 Å². The molecule has 2 aromatic heterocycles. The third kappa shape index (κ3) is 3.60. The number of nitrogens with zero attached hydrogens (tertiary/aromatic N) is 3. The fourth-order valence-electron chi connectivity index (χ4n) is 2.33. The standard InChI is InChI=1S/C15H20ClFN4/c1-4-7-18-12(15-11(17)6-5-8-19-15)9-13-14(16)10(2)20-21(13)3/h5-6,8,12,18H,4,7,9H2,1-3H3. The first kappa shape index (κ1) is 15.9. The van der Waals surface area contributed by atoms with Gasteiger partial charge >= 0.3 is 0 Å². The number of hydrogen-bond acceptors (Lipinski definition) is 3. The zero-order valence-corrected chi connectivity index (χ0v) is 13.3. The SMILES string of the molecule is CCCNC(Cc1c(Cl)c(C)nn1C)c1ncccc1F. The van der Waals surface area contributed by atoms with E-state index < -0.39 is 0 Å². The highest BCUT2D eigenvalue weighted by atomic mass is 35.5. The van der Waals surface area contributed by atoms with Crippen molar-refractivity contribution in [3.63, 3.8) is 0 Å². The first-order valence-electron chi connectivity index (χ1n) is 7.06. The van der Waals surface area contributed by atoms with E-state index in [4.69, 9.17) is 11.6 Å². The number of nitrogens with one attached hydrogen (secondary N) is 1. The summed E-state index contributed by atoms with van der Waals surface area (Å²) >= 11 is 6.29. The number of aromatic nitrogens is 3. The van der Waals surface area contributed by atoms with E-state index in [0.717, 1.165) is 24.4 Å². The maximum Gasteiger partial charge on any atom is 0.146 e. The second-order valence-corrected chi connectivity index (χ2v) is 5.43. The maximum absolute atomic E-state index is 14.0. The van der Waals surface area contributed by atoms with Crippen molar-refractivity contribution < 1.29 is 4.39 Å². The summed E-state index contributed by atoms with van der Waals surface area (Å²) in [5.41, 5.74) is 2.08. The van der Waals surface area contributed by atoms with Crippen LogP contribution < -0.4 is 5.32 Å². The molecule has 21 heavy (non-hydrogen) atoms. The Balaban J connectivity index is 2.31. The Hall–Kier alpha value is -1.46. The van der Waals surface area contributed by atoms with Crippen LogP contribution in [0.4, 0.5) is 4.39 Å². The predicted molar refractivity (Wildman–Crippen MR) is 81.9 cm³/mol. The van der Waals surface area contributed by atoms with Gasteiger partial charge in [0, 0.05) is 19.7 Å². The Kier molecular flexibility index (Phi) is 5.31. The van der Waals surface area contributed by atoms with Crippen molar-refractivity contribution in [2.24, 2.45) is 7.05 Å². The van der Waals surface area contributed by atoms with Gasteiger partial charge in [-0.2, -0.15) is 5.10 Å². The molecule has 1 atom stereocenters. The molecule has 2 aromatic rings. The van der Waals surface area contributed by atoms with E-state index in [2.05, 4.69) is 22.3 Å². The normalized spacial score (nSPS) is 12.6. The molecule has 0 saturated carbocycles. The monoisotopic (exact) mass is 310 g/mol. The molecular formula is C15H20ClFN4. The molecule has 0 aliphatic rings. The molecule has 2 rings (SSSR count). The van der Waals surface area contributed by atoms with Crippen LogP contribution in [0.1, 0.15) is 36.5 Å². The summed E-state index contributed by atoms with van der Waals surface area (Å²) in [5, 5.41) is 8.28. The van der Waals surface area contributed by atoms with Gasteiger partial charge in [0.05, 0.1) is 28.1 Å². The molecule has 2 heterocycles. The minimum atomic E-state index is -0.305. The van der Waals surface area contributed by atoms with Crippen LogP contribution in [0.5, 0.6) is 0 Å². The lowest BCUT2D eigenvalue weighted by atomic mass is 10.1. The Morgan fingerprint density at radius 3 is 2.81 bits per heavy atom. The minimum absolute atomic E-state index is 0.224. The lowest BCUT2D eigenvalue weighted by Crippen LogP contribution is -2.26. The number of aryl methyl sites for hydroxylation is 2. The fraction of sp³-hybridized carbons (Fsp3) is 0.467. The highest BCUT2D eigenvalue weighted by molar-refractivity contribution is 6.31. The van der Waals surface area contributed by atoms with Gasteiger partial charge in [0.1, 0.15) is 5.82 Å². The van der Waals surface area contributed by atoms with Gasteiger partial charge in [-0.3, -0.25) is 9.67 Å². The van der Waals surface area contributed by atoms with Crippen LogP contribution in [0.25, 0.3) is 0 Å². The van der Waals surface area contributed by atoms with E-state index in [-0.39, 0.29) is 11.9 Å². The van der Waals surface area contributed by atoms with Gasteiger partial charge in [0.15, 0.2) is 0 Å². The van der Waals surface area contributed by atoms with Gasteiger partial charge in [-0.1, -0.05) is 18.5 Å². The highest BCUT2D eigenvalue weighted by Crippen LogP contribution is 2.25. The molecule has 1 unspecified atom stereocenters. The maximum atomic E-state index is 14.0. The molecule has 0 aromatic carbocycles. The molecule has 0 spiro atoms. The van der Waals surface area contributed by atoms with Gasteiger partial charge in [-0.15, -0.1) is 0 Å². The molecule has 1 N–H and O–H groups in total. The second kappa shape index (κ2) is 7.00. The van der Waals surface area contributed by atoms with Crippen molar-refractivity contribution in [2.75, 3.05) is 6.54 Å². The average molecular weight is 311 g/mol. The van der Waals surface area contributed by atoms with Crippen LogP contribution >= 0.6 is 11.6 Å². The summed E-state index contributed by atoms with van der Waals surface area (Å²) < 4.78 is 15.8. The van der Waals surface area contributed by atoms with E-state index in [9.17, 15) is 4.39 Å². The van der Waals surface area contributed by atoms with Crippen LogP contribution in [0.3, 0.4) is 0 Å². The topological polar surface area (TPSA) is 42.7 Å². The van der Waals surface area contributed by atoms with Gasteiger partial charge < -0.3 is 5.32 Å². The van der Waals surface area contributed by atoms with Crippen LogP contribution in [-0.2, 0) is 13.5 Å². The quantitative estimate of drug-likeness (QED) is 0.891. The van der Waals surface area contributed by atoms with Crippen LogP contribution in [0.2, 0.25) is 5.02 Å². The van der Waals surface area contributed by atoms with E-state index in [0.29, 0.717) is 17.1 Å². The average Bonchev–Trinajstić information content (AvgIpc) is 2.70. The zero-order valence-electron chi connectivity index (χ0n) is 12.5. The van der Waals surface area contributed by atoms with Crippen molar-refractivity contribution in [3.05, 3.63) is 46.3 Å². The molecule has 0 saturated heterocycles. The van der Waals surface area contributed by atoms with Crippen molar-refractivity contribution in [2.45, 2.75) is 32.7 Å². The number of hydrogen-bond donors (Lipinski definition) is 1. The van der Waals surface area contributed by atoms with Crippen LogP contribution in [0.15, 0.2) is 18.3 Å². The molecule has 0 fully saturated rings. The Morgan fingerprint density at radius 2 is 2.24 bits per heavy atom. The first-order chi connectivity index (χ1) is 10.0. The van der Waals surface area contributed by atoms with Crippen molar-refractivity contribution in [3.8, 4) is 0 Å². The summed E-state index contributed by atoms with van der Waals surface area (Å²) in [6.45, 7) is 4.72. The van der Waals surface area contributed by atoms with Gasteiger partial charge in [-0.05, 0) is 32.0 Å². The molecule has 0 aliphatic heterocycles. The van der Waals surface area contributed by atoms with Crippen LogP contribution in [0, 0.1) is 12.7 Å². The predicted octanol–water partition coefficient (Wildman–Crippen LogP) is 3.20. The lowest BCUT2D eigenvalue weighted by Gasteiger charge is -2.19. The highest BCUT2D eigenvalue weighted by Gasteiger charge is 2.21. The molecule has 0 bridgehead atoms. The van der Waals surface area contributed by atoms with Crippen molar-refractivity contribution >= 4 is 11.6 Å². The Morgan fingerprint density at radius 1 is 1.48 bits per heavy atom. The van der Waals surface area contributed by atoms with E-state index in [1.54, 1.807) is 16.9 Å². The number of halogens is 2. The fourth-order valence-corrected chi connectivity index (χ4v) is 2.57. The lowest BCUT2D eigenvalue weighted by molar-refractivity contribution is 0.472. The smallest absolute Gasteiger partial charge is 0.146 e. The molecular weight excluding hydrogens is 291 g/mol.